The van der Waals surface area contributed by atoms with Crippen molar-refractivity contribution in [2.45, 2.75) is 0 Å². The van der Waals surface area contributed by atoms with E-state index in [-0.39, 0.29) is 0 Å². The van der Waals surface area contributed by atoms with E-state index in [1.54, 1.807) is 0 Å². The Morgan fingerprint density at radius 2 is 1.75 bits per heavy atom. The number of nitrogens with zero attached hydrogens (tertiary/aromatic N) is 2. The Hall–Kier alpha value is -0.500. The van der Waals surface area contributed by atoms with Crippen LogP contribution in [0.5, 0.6) is 0 Å². The molecular formula is C12H6I2N2. The van der Waals surface area contributed by atoms with Gasteiger partial charge in [-0.1, -0.05) is 18.2 Å². The van der Waals surface area contributed by atoms with Crippen LogP contribution in [0.25, 0.3) is 21.8 Å². The Labute approximate surface area is 120 Å². The summed E-state index contributed by atoms with van der Waals surface area (Å²) in [5, 5.41) is 2.29. The van der Waals surface area contributed by atoms with Gasteiger partial charge in [-0.3, -0.25) is 4.98 Å². The summed E-state index contributed by atoms with van der Waals surface area (Å²) < 4.78 is 2.21. The lowest BCUT2D eigenvalue weighted by Gasteiger charge is -2.03. The van der Waals surface area contributed by atoms with Gasteiger partial charge in [0, 0.05) is 20.5 Å². The zero-order chi connectivity index (χ0) is 11.1. The van der Waals surface area contributed by atoms with Gasteiger partial charge in [-0.15, -0.1) is 0 Å². The van der Waals surface area contributed by atoms with Crippen LogP contribution < -0.4 is 0 Å². The van der Waals surface area contributed by atoms with E-state index in [0.717, 1.165) is 25.5 Å². The Kier molecular flexibility index (Phi) is 2.70. The number of pyridine rings is 2. The lowest BCUT2D eigenvalue weighted by atomic mass is 10.1. The smallest absolute Gasteiger partial charge is 0.115 e. The third-order valence-electron chi connectivity index (χ3n) is 2.47. The first-order valence-corrected chi connectivity index (χ1v) is 6.91. The molecule has 4 heteroatoms. The second-order valence-corrected chi connectivity index (χ2v) is 5.66. The van der Waals surface area contributed by atoms with Crippen LogP contribution in [0.2, 0.25) is 0 Å². The Balaban J connectivity index is 2.55. The predicted molar refractivity (Wildman–Crippen MR) is 82.5 cm³/mol. The zero-order valence-corrected chi connectivity index (χ0v) is 12.4. The maximum Gasteiger partial charge on any atom is 0.115 e. The average Bonchev–Trinajstić information content (AvgIpc) is 2.31. The van der Waals surface area contributed by atoms with Crippen molar-refractivity contribution >= 4 is 67.0 Å². The molecule has 0 amide bonds. The van der Waals surface area contributed by atoms with Gasteiger partial charge in [0.25, 0.3) is 0 Å². The largest absolute Gasteiger partial charge is 0.254 e. The summed E-state index contributed by atoms with van der Waals surface area (Å²) >= 11 is 4.56. The summed E-state index contributed by atoms with van der Waals surface area (Å²) in [4.78, 5) is 9.03. The van der Waals surface area contributed by atoms with Crippen LogP contribution in [-0.2, 0) is 0 Å². The van der Waals surface area contributed by atoms with Crippen LogP contribution in [0.1, 0.15) is 0 Å². The monoisotopic (exact) mass is 432 g/mol. The minimum Gasteiger partial charge on any atom is -0.254 e. The number of hydrogen-bond donors (Lipinski definition) is 0. The van der Waals surface area contributed by atoms with E-state index < -0.39 is 0 Å². The number of fused-ring (bicyclic) bond motifs is 3. The van der Waals surface area contributed by atoms with Gasteiger partial charge < -0.3 is 0 Å². The fraction of sp³-hybridized carbons (Fsp3) is 0. The molecule has 16 heavy (non-hydrogen) atoms. The number of aromatic nitrogens is 2. The van der Waals surface area contributed by atoms with Crippen LogP contribution in [0.4, 0.5) is 0 Å². The van der Waals surface area contributed by atoms with Crippen LogP contribution >= 0.6 is 45.2 Å². The van der Waals surface area contributed by atoms with Crippen molar-refractivity contribution in [1.29, 1.82) is 0 Å². The van der Waals surface area contributed by atoms with Crippen molar-refractivity contribution in [3.63, 3.8) is 0 Å². The molecule has 0 saturated heterocycles. The van der Waals surface area contributed by atoms with Crippen LogP contribution in [-0.4, -0.2) is 9.97 Å². The first-order chi connectivity index (χ1) is 7.75. The first kappa shape index (κ1) is 10.6. The summed E-state index contributed by atoms with van der Waals surface area (Å²) in [6, 6.07) is 10.4. The van der Waals surface area contributed by atoms with Crippen molar-refractivity contribution < 1.29 is 0 Å². The minimum atomic E-state index is 0.981. The molecule has 0 aliphatic carbocycles. The Morgan fingerprint density at radius 1 is 0.938 bits per heavy atom. The Bertz CT molecular complexity index is 695. The molecule has 3 aromatic rings. The van der Waals surface area contributed by atoms with Gasteiger partial charge in [-0.2, -0.15) is 0 Å². The molecule has 0 radical (unpaired) electrons. The molecule has 0 fully saturated rings. The Morgan fingerprint density at radius 3 is 2.62 bits per heavy atom. The van der Waals surface area contributed by atoms with Crippen molar-refractivity contribution in [3.05, 3.63) is 43.8 Å². The lowest BCUT2D eigenvalue weighted by Crippen LogP contribution is -1.90. The molecular weight excluding hydrogens is 426 g/mol. The number of rotatable bonds is 0. The molecule has 1 aromatic carbocycles. The van der Waals surface area contributed by atoms with Gasteiger partial charge in [-0.25, -0.2) is 4.98 Å². The van der Waals surface area contributed by atoms with Crippen molar-refractivity contribution in [3.8, 4) is 0 Å². The molecule has 0 aliphatic rings. The highest BCUT2D eigenvalue weighted by molar-refractivity contribution is 14.1. The fourth-order valence-corrected chi connectivity index (χ4v) is 2.58. The van der Waals surface area contributed by atoms with Gasteiger partial charge in [-0.05, 0) is 57.3 Å². The average molecular weight is 432 g/mol. The van der Waals surface area contributed by atoms with E-state index in [2.05, 4.69) is 79.4 Å². The maximum atomic E-state index is 4.62. The molecule has 78 valence electrons. The predicted octanol–water partition coefficient (Wildman–Crippen LogP) is 3.99. The van der Waals surface area contributed by atoms with Crippen molar-refractivity contribution in [2.75, 3.05) is 0 Å². The van der Waals surface area contributed by atoms with E-state index >= 15 is 0 Å². The summed E-state index contributed by atoms with van der Waals surface area (Å²) in [5.41, 5.74) is 1.97. The molecule has 0 atom stereocenters. The molecule has 0 N–H and O–H groups in total. The van der Waals surface area contributed by atoms with E-state index in [1.165, 1.54) is 3.57 Å². The molecule has 2 nitrogen and oxygen atoms in total. The standard InChI is InChI=1S/C12H6I2N2/c13-9-6-8-4-3-7-2-1-5-15-10(7)11(8)16-12(9)14/h1-6H. The normalized spacial score (nSPS) is 11.1. The maximum absolute atomic E-state index is 4.62. The highest BCUT2D eigenvalue weighted by atomic mass is 127. The first-order valence-electron chi connectivity index (χ1n) is 4.75. The van der Waals surface area contributed by atoms with Gasteiger partial charge >= 0.3 is 0 Å². The quantitative estimate of drug-likeness (QED) is 0.305. The van der Waals surface area contributed by atoms with Crippen LogP contribution in [0.15, 0.2) is 36.5 Å². The van der Waals surface area contributed by atoms with E-state index in [1.807, 2.05) is 12.3 Å². The third-order valence-corrected chi connectivity index (χ3v) is 5.15. The van der Waals surface area contributed by atoms with E-state index in [4.69, 9.17) is 0 Å². The topological polar surface area (TPSA) is 25.8 Å². The zero-order valence-electron chi connectivity index (χ0n) is 8.11. The highest BCUT2D eigenvalue weighted by Gasteiger charge is 2.05. The van der Waals surface area contributed by atoms with Crippen molar-refractivity contribution in [1.82, 2.24) is 9.97 Å². The highest BCUT2D eigenvalue weighted by Crippen LogP contribution is 2.25. The number of benzene rings is 1. The van der Waals surface area contributed by atoms with Gasteiger partial charge in [0.15, 0.2) is 0 Å². The van der Waals surface area contributed by atoms with Gasteiger partial charge in [0.1, 0.15) is 3.70 Å². The van der Waals surface area contributed by atoms with E-state index in [0.29, 0.717) is 0 Å². The molecule has 0 bridgehead atoms. The molecule has 0 spiro atoms. The second-order valence-electron chi connectivity index (χ2n) is 3.47. The SMILES string of the molecule is Ic1cc2ccc3cccnc3c2nc1I. The summed E-state index contributed by atoms with van der Waals surface area (Å²) in [7, 11) is 0. The molecule has 0 aliphatic heterocycles. The van der Waals surface area contributed by atoms with Crippen LogP contribution in [0, 0.1) is 7.27 Å². The van der Waals surface area contributed by atoms with Crippen LogP contribution in [0.3, 0.4) is 0 Å². The molecule has 2 heterocycles. The fourth-order valence-electron chi connectivity index (χ4n) is 1.73. The van der Waals surface area contributed by atoms with Crippen molar-refractivity contribution in [2.24, 2.45) is 0 Å². The summed E-state index contributed by atoms with van der Waals surface area (Å²) in [6.07, 6.45) is 1.81. The summed E-state index contributed by atoms with van der Waals surface area (Å²) in [6.45, 7) is 0. The summed E-state index contributed by atoms with van der Waals surface area (Å²) in [5.74, 6) is 0. The van der Waals surface area contributed by atoms with Gasteiger partial charge in [0.2, 0.25) is 0 Å². The van der Waals surface area contributed by atoms with Gasteiger partial charge in [0.05, 0.1) is 11.0 Å². The number of hydrogen-bond acceptors (Lipinski definition) is 2. The molecule has 3 rings (SSSR count). The second kappa shape index (κ2) is 4.06. The van der Waals surface area contributed by atoms with E-state index in [9.17, 15) is 0 Å². The number of halogens is 2. The molecule has 0 saturated carbocycles. The molecule has 0 unspecified atom stereocenters. The third kappa shape index (κ3) is 1.67. The minimum absolute atomic E-state index is 0.981. The molecule has 2 aromatic heterocycles. The lowest BCUT2D eigenvalue weighted by molar-refractivity contribution is 1.31.